The lowest BCUT2D eigenvalue weighted by Crippen LogP contribution is -2.51. The second-order valence-corrected chi connectivity index (χ2v) is 7.83. The molecule has 0 saturated heterocycles. The summed E-state index contributed by atoms with van der Waals surface area (Å²) in [5.74, 6) is -0.387. The number of amides is 2. The van der Waals surface area contributed by atoms with E-state index in [1.807, 2.05) is 32.0 Å². The molecule has 2 aromatic carbocycles. The number of hydrogen-bond donors (Lipinski definition) is 4. The standard InChI is InChI=1S/C24H33N3O3/c1-16-13-20(28)14-17(2)21(16)15-22(25)24(30)27-18(3)23(29)26-12-8-7-11-19-9-5-4-6-10-19/h4-6,9-10,13-14,18,22,28H,7-8,11-12,15,25H2,1-3H3,(H,26,29)(H,27,30)/t18-,22+/m1/s1. The molecule has 2 rings (SSSR count). The van der Waals surface area contributed by atoms with E-state index in [0.717, 1.165) is 36.0 Å². The van der Waals surface area contributed by atoms with Crippen molar-refractivity contribution < 1.29 is 14.7 Å². The monoisotopic (exact) mass is 411 g/mol. The zero-order valence-electron chi connectivity index (χ0n) is 18.1. The van der Waals surface area contributed by atoms with E-state index in [1.165, 1.54) is 5.56 Å². The van der Waals surface area contributed by atoms with Crippen LogP contribution in [0.5, 0.6) is 5.75 Å². The highest BCUT2D eigenvalue weighted by Crippen LogP contribution is 2.21. The summed E-state index contributed by atoms with van der Waals surface area (Å²) in [6, 6.07) is 12.1. The Morgan fingerprint density at radius 1 is 1.03 bits per heavy atom. The Kier molecular flexibility index (Phi) is 8.87. The minimum atomic E-state index is -0.770. The Bertz CT molecular complexity index is 829. The van der Waals surface area contributed by atoms with E-state index >= 15 is 0 Å². The molecule has 0 radical (unpaired) electrons. The fraction of sp³-hybridized carbons (Fsp3) is 0.417. The number of rotatable bonds is 10. The van der Waals surface area contributed by atoms with Gasteiger partial charge in [-0.05, 0) is 80.8 Å². The van der Waals surface area contributed by atoms with E-state index in [-0.39, 0.29) is 17.6 Å². The molecule has 2 amide bonds. The second kappa shape index (κ2) is 11.4. The van der Waals surface area contributed by atoms with E-state index in [2.05, 4.69) is 22.8 Å². The molecule has 6 nitrogen and oxygen atoms in total. The quantitative estimate of drug-likeness (QED) is 0.451. The molecule has 0 fully saturated rings. The summed E-state index contributed by atoms with van der Waals surface area (Å²) in [5, 5.41) is 15.2. The topological polar surface area (TPSA) is 104 Å². The number of nitrogens with two attached hydrogens (primary N) is 1. The third-order valence-electron chi connectivity index (χ3n) is 5.23. The summed E-state index contributed by atoms with van der Waals surface area (Å²) < 4.78 is 0. The predicted octanol–water partition coefficient (Wildman–Crippen LogP) is 2.52. The van der Waals surface area contributed by atoms with Crippen LogP contribution in [0.4, 0.5) is 0 Å². The highest BCUT2D eigenvalue weighted by molar-refractivity contribution is 5.89. The van der Waals surface area contributed by atoms with Gasteiger partial charge in [0.2, 0.25) is 11.8 Å². The maximum Gasteiger partial charge on any atom is 0.242 e. The molecule has 6 heteroatoms. The minimum Gasteiger partial charge on any atom is -0.508 e. The van der Waals surface area contributed by atoms with Crippen molar-refractivity contribution in [1.82, 2.24) is 10.6 Å². The van der Waals surface area contributed by atoms with Crippen LogP contribution in [-0.2, 0) is 22.4 Å². The van der Waals surface area contributed by atoms with Crippen molar-refractivity contribution in [1.29, 1.82) is 0 Å². The maximum atomic E-state index is 12.4. The van der Waals surface area contributed by atoms with E-state index < -0.39 is 12.1 Å². The number of unbranched alkanes of at least 4 members (excludes halogenated alkanes) is 1. The van der Waals surface area contributed by atoms with Gasteiger partial charge in [0.05, 0.1) is 6.04 Å². The molecule has 2 atom stereocenters. The van der Waals surface area contributed by atoms with Gasteiger partial charge in [-0.15, -0.1) is 0 Å². The molecule has 5 N–H and O–H groups in total. The Labute approximate surface area is 178 Å². The van der Waals surface area contributed by atoms with Gasteiger partial charge in [0.1, 0.15) is 11.8 Å². The molecule has 30 heavy (non-hydrogen) atoms. The molecular weight excluding hydrogens is 378 g/mol. The second-order valence-electron chi connectivity index (χ2n) is 7.83. The van der Waals surface area contributed by atoms with Crippen LogP contribution >= 0.6 is 0 Å². The maximum absolute atomic E-state index is 12.4. The van der Waals surface area contributed by atoms with Gasteiger partial charge < -0.3 is 21.5 Å². The molecular formula is C24H33N3O3. The van der Waals surface area contributed by atoms with E-state index in [4.69, 9.17) is 5.73 Å². The molecule has 0 saturated carbocycles. The first kappa shape index (κ1) is 23.4. The molecule has 162 valence electrons. The Hall–Kier alpha value is -2.86. The summed E-state index contributed by atoms with van der Waals surface area (Å²) in [6.45, 7) is 5.98. The number of carbonyl (C=O) groups is 2. The van der Waals surface area contributed by atoms with Crippen LogP contribution in [0.25, 0.3) is 0 Å². The van der Waals surface area contributed by atoms with Gasteiger partial charge in [-0.3, -0.25) is 9.59 Å². The van der Waals surface area contributed by atoms with E-state index in [9.17, 15) is 14.7 Å². The lowest BCUT2D eigenvalue weighted by molar-refractivity contribution is -0.129. The normalized spacial score (nSPS) is 12.8. The van der Waals surface area contributed by atoms with Gasteiger partial charge in [0.25, 0.3) is 0 Å². The van der Waals surface area contributed by atoms with Crippen LogP contribution in [0.1, 0.15) is 42.0 Å². The average Bonchev–Trinajstić information content (AvgIpc) is 2.70. The molecule has 2 aromatic rings. The van der Waals surface area contributed by atoms with Gasteiger partial charge in [-0.1, -0.05) is 30.3 Å². The zero-order chi connectivity index (χ0) is 22.1. The largest absolute Gasteiger partial charge is 0.508 e. The predicted molar refractivity (Wildman–Crippen MR) is 119 cm³/mol. The van der Waals surface area contributed by atoms with Crippen molar-refractivity contribution in [3.63, 3.8) is 0 Å². The zero-order valence-corrected chi connectivity index (χ0v) is 18.1. The van der Waals surface area contributed by atoms with Crippen LogP contribution in [0.2, 0.25) is 0 Å². The smallest absolute Gasteiger partial charge is 0.242 e. The van der Waals surface area contributed by atoms with Gasteiger partial charge >= 0.3 is 0 Å². The van der Waals surface area contributed by atoms with E-state index in [1.54, 1.807) is 19.1 Å². The Morgan fingerprint density at radius 3 is 2.30 bits per heavy atom. The number of phenolic OH excluding ortho intramolecular Hbond substituents is 1. The fourth-order valence-electron chi connectivity index (χ4n) is 3.45. The first-order valence-electron chi connectivity index (χ1n) is 10.4. The van der Waals surface area contributed by atoms with Gasteiger partial charge in [0.15, 0.2) is 0 Å². The molecule has 0 aliphatic rings. The lowest BCUT2D eigenvalue weighted by Gasteiger charge is -2.19. The number of phenols is 1. The van der Waals surface area contributed by atoms with Crippen molar-refractivity contribution in [3.05, 3.63) is 64.7 Å². The molecule has 0 spiro atoms. The summed E-state index contributed by atoms with van der Waals surface area (Å²) in [4.78, 5) is 24.7. The van der Waals surface area contributed by atoms with Gasteiger partial charge in [-0.2, -0.15) is 0 Å². The summed E-state index contributed by atoms with van der Waals surface area (Å²) >= 11 is 0. The molecule has 0 unspecified atom stereocenters. The molecule has 0 aromatic heterocycles. The van der Waals surface area contributed by atoms with Crippen molar-refractivity contribution in [3.8, 4) is 5.75 Å². The van der Waals surface area contributed by atoms with Crippen molar-refractivity contribution in [2.24, 2.45) is 5.73 Å². The van der Waals surface area contributed by atoms with Crippen molar-refractivity contribution in [2.75, 3.05) is 6.54 Å². The molecule has 0 aliphatic heterocycles. The first-order chi connectivity index (χ1) is 14.3. The van der Waals surface area contributed by atoms with Crippen molar-refractivity contribution in [2.45, 2.75) is 58.5 Å². The highest BCUT2D eigenvalue weighted by atomic mass is 16.3. The minimum absolute atomic E-state index is 0.195. The van der Waals surface area contributed by atoms with Gasteiger partial charge in [-0.25, -0.2) is 0 Å². The van der Waals surface area contributed by atoms with Gasteiger partial charge in [0, 0.05) is 6.54 Å². The number of aromatic hydroxyl groups is 1. The molecule has 0 heterocycles. The molecule has 0 bridgehead atoms. The third-order valence-corrected chi connectivity index (χ3v) is 5.23. The van der Waals surface area contributed by atoms with Crippen molar-refractivity contribution >= 4 is 11.8 Å². The number of benzene rings is 2. The first-order valence-corrected chi connectivity index (χ1v) is 10.4. The summed E-state index contributed by atoms with van der Waals surface area (Å²) in [7, 11) is 0. The summed E-state index contributed by atoms with van der Waals surface area (Å²) in [5.41, 5.74) is 10.1. The lowest BCUT2D eigenvalue weighted by atomic mass is 9.96. The van der Waals surface area contributed by atoms with Crippen LogP contribution < -0.4 is 16.4 Å². The number of carbonyl (C=O) groups excluding carboxylic acids is 2. The number of nitrogens with one attached hydrogen (secondary N) is 2. The van der Waals surface area contributed by atoms with Crippen LogP contribution in [0, 0.1) is 13.8 Å². The van der Waals surface area contributed by atoms with Crippen LogP contribution in [-0.4, -0.2) is 35.5 Å². The van der Waals surface area contributed by atoms with E-state index in [0.29, 0.717) is 13.0 Å². The average molecular weight is 412 g/mol. The highest BCUT2D eigenvalue weighted by Gasteiger charge is 2.21. The fourth-order valence-corrected chi connectivity index (χ4v) is 3.45. The SMILES string of the molecule is Cc1cc(O)cc(C)c1C[C@H](N)C(=O)N[C@H](C)C(=O)NCCCCc1ccccc1. The Morgan fingerprint density at radius 2 is 1.67 bits per heavy atom. The molecule has 0 aliphatic carbocycles. The Balaban J connectivity index is 1.72. The number of aryl methyl sites for hydroxylation is 3. The summed E-state index contributed by atoms with van der Waals surface area (Å²) in [6.07, 6.45) is 3.19. The third kappa shape index (κ3) is 7.19. The van der Waals surface area contributed by atoms with Crippen LogP contribution in [0.3, 0.4) is 0 Å². The number of hydrogen-bond acceptors (Lipinski definition) is 4. The van der Waals surface area contributed by atoms with Crippen LogP contribution in [0.15, 0.2) is 42.5 Å².